The van der Waals surface area contributed by atoms with Crippen LogP contribution in [0.25, 0.3) is 10.2 Å². The highest BCUT2D eigenvalue weighted by Gasteiger charge is 2.24. The molecule has 0 saturated heterocycles. The van der Waals surface area contributed by atoms with Crippen LogP contribution in [0.5, 0.6) is 11.5 Å². The van der Waals surface area contributed by atoms with Gasteiger partial charge >= 0.3 is 0 Å². The molecular weight excluding hydrogens is 322 g/mol. The number of aromatic nitrogens is 2. The van der Waals surface area contributed by atoms with Crippen molar-refractivity contribution in [2.24, 2.45) is 0 Å². The lowest BCUT2D eigenvalue weighted by Crippen LogP contribution is -2.41. The van der Waals surface area contributed by atoms with E-state index in [0.29, 0.717) is 6.61 Å². The van der Waals surface area contributed by atoms with Crippen molar-refractivity contribution in [2.45, 2.75) is 19.4 Å². The molecule has 124 valence electrons. The van der Waals surface area contributed by atoms with E-state index in [4.69, 9.17) is 9.47 Å². The largest absolute Gasteiger partial charge is 0.486 e. The Labute approximate surface area is 144 Å². The zero-order chi connectivity index (χ0) is 16.4. The van der Waals surface area contributed by atoms with Gasteiger partial charge in [-0.15, -0.1) is 11.3 Å². The number of rotatable bonds is 5. The molecule has 3 heterocycles. The van der Waals surface area contributed by atoms with Gasteiger partial charge < -0.3 is 14.4 Å². The van der Waals surface area contributed by atoms with Gasteiger partial charge in [0.05, 0.1) is 11.9 Å². The van der Waals surface area contributed by atoms with Crippen LogP contribution in [-0.4, -0.2) is 35.8 Å². The molecule has 0 unspecified atom stereocenters. The highest BCUT2D eigenvalue weighted by atomic mass is 32.1. The average molecular weight is 341 g/mol. The van der Waals surface area contributed by atoms with E-state index in [2.05, 4.69) is 33.2 Å². The number of hydrogen-bond acceptors (Lipinski definition) is 6. The maximum atomic E-state index is 6.12. The molecule has 6 heteroatoms. The summed E-state index contributed by atoms with van der Waals surface area (Å²) in [5.74, 6) is 2.61. The third-order valence-electron chi connectivity index (χ3n) is 4.03. The summed E-state index contributed by atoms with van der Waals surface area (Å²) in [4.78, 5) is 12.2. The van der Waals surface area contributed by atoms with Crippen molar-refractivity contribution in [1.29, 1.82) is 0 Å². The van der Waals surface area contributed by atoms with Crippen LogP contribution in [0.2, 0.25) is 0 Å². The van der Waals surface area contributed by atoms with Crippen LogP contribution in [0.15, 0.2) is 42.0 Å². The molecule has 0 N–H and O–H groups in total. The van der Waals surface area contributed by atoms with Crippen molar-refractivity contribution >= 4 is 27.4 Å². The Kier molecular flexibility index (Phi) is 4.21. The van der Waals surface area contributed by atoms with Crippen molar-refractivity contribution < 1.29 is 9.47 Å². The van der Waals surface area contributed by atoms with Gasteiger partial charge in [-0.3, -0.25) is 0 Å². The highest BCUT2D eigenvalue weighted by molar-refractivity contribution is 7.16. The summed E-state index contributed by atoms with van der Waals surface area (Å²) in [5, 5.41) is 3.16. The Hall–Kier alpha value is -2.34. The van der Waals surface area contributed by atoms with E-state index in [1.807, 2.05) is 24.3 Å². The van der Waals surface area contributed by atoms with Gasteiger partial charge in [0, 0.05) is 6.54 Å². The Morgan fingerprint density at radius 1 is 1.21 bits per heavy atom. The standard InChI is InChI=1S/C18H19N3O2S/c1-2-8-21(17-14-7-9-24-18(14)20-12-19-17)10-13-11-22-15-5-3-4-6-16(15)23-13/h3-7,9,12-13H,2,8,10-11H2,1H3/t13-/m1/s1. The Morgan fingerprint density at radius 2 is 2.08 bits per heavy atom. The predicted octanol–water partition coefficient (Wildman–Crippen LogP) is 3.75. The minimum atomic E-state index is -0.0184. The van der Waals surface area contributed by atoms with Crippen molar-refractivity contribution in [3.05, 3.63) is 42.0 Å². The van der Waals surface area contributed by atoms with E-state index in [-0.39, 0.29) is 6.10 Å². The van der Waals surface area contributed by atoms with Gasteiger partial charge in [0.2, 0.25) is 0 Å². The summed E-state index contributed by atoms with van der Waals surface area (Å²) in [6.07, 6.45) is 2.67. The molecule has 24 heavy (non-hydrogen) atoms. The molecule has 1 aliphatic rings. The lowest BCUT2D eigenvalue weighted by Gasteiger charge is -2.32. The Bertz CT molecular complexity index is 836. The second-order valence-electron chi connectivity index (χ2n) is 5.78. The topological polar surface area (TPSA) is 47.5 Å². The van der Waals surface area contributed by atoms with Crippen LogP contribution in [0.3, 0.4) is 0 Å². The van der Waals surface area contributed by atoms with E-state index in [9.17, 15) is 0 Å². The molecule has 2 aromatic heterocycles. The molecule has 1 aromatic carbocycles. The SMILES string of the molecule is CCCN(C[C@@H]1COc2ccccc2O1)c1ncnc2sccc12. The summed E-state index contributed by atoms with van der Waals surface area (Å²) in [6.45, 7) is 4.38. The number of ether oxygens (including phenoxy) is 2. The van der Waals surface area contributed by atoms with E-state index in [1.165, 1.54) is 0 Å². The third kappa shape index (κ3) is 2.89. The fraction of sp³-hybridized carbons (Fsp3) is 0.333. The van der Waals surface area contributed by atoms with E-state index in [0.717, 1.165) is 47.0 Å². The second kappa shape index (κ2) is 6.65. The molecular formula is C18H19N3O2S. The summed E-state index contributed by atoms with van der Waals surface area (Å²) in [5.41, 5.74) is 0. The van der Waals surface area contributed by atoms with Crippen molar-refractivity contribution in [1.82, 2.24) is 9.97 Å². The maximum absolute atomic E-state index is 6.12. The smallest absolute Gasteiger partial charge is 0.161 e. The predicted molar refractivity (Wildman–Crippen MR) is 96.3 cm³/mol. The zero-order valence-electron chi connectivity index (χ0n) is 13.5. The third-order valence-corrected chi connectivity index (χ3v) is 4.85. The van der Waals surface area contributed by atoms with Crippen LogP contribution >= 0.6 is 11.3 Å². The van der Waals surface area contributed by atoms with Crippen LogP contribution in [-0.2, 0) is 0 Å². The Balaban J connectivity index is 1.57. The quantitative estimate of drug-likeness (QED) is 0.707. The molecule has 0 radical (unpaired) electrons. The minimum Gasteiger partial charge on any atom is -0.486 e. The first-order chi connectivity index (χ1) is 11.8. The second-order valence-corrected chi connectivity index (χ2v) is 6.67. The van der Waals surface area contributed by atoms with E-state index >= 15 is 0 Å². The summed E-state index contributed by atoms with van der Waals surface area (Å²) in [6, 6.07) is 9.90. The molecule has 4 rings (SSSR count). The van der Waals surface area contributed by atoms with E-state index in [1.54, 1.807) is 17.7 Å². The van der Waals surface area contributed by atoms with Gasteiger partial charge in [0.25, 0.3) is 0 Å². The number of anilines is 1. The lowest BCUT2D eigenvalue weighted by molar-refractivity contribution is 0.0951. The first-order valence-electron chi connectivity index (χ1n) is 8.17. The van der Waals surface area contributed by atoms with Crippen molar-refractivity contribution in [3.63, 3.8) is 0 Å². The maximum Gasteiger partial charge on any atom is 0.161 e. The number of para-hydroxylation sites is 2. The number of fused-ring (bicyclic) bond motifs is 2. The molecule has 0 bridgehead atoms. The summed E-state index contributed by atoms with van der Waals surface area (Å²) >= 11 is 1.64. The van der Waals surface area contributed by atoms with Crippen LogP contribution in [0, 0.1) is 0 Å². The summed E-state index contributed by atoms with van der Waals surface area (Å²) in [7, 11) is 0. The number of thiophene rings is 1. The van der Waals surface area contributed by atoms with Gasteiger partial charge in [0.15, 0.2) is 17.6 Å². The van der Waals surface area contributed by atoms with Crippen molar-refractivity contribution in [2.75, 3.05) is 24.6 Å². The van der Waals surface area contributed by atoms with Gasteiger partial charge in [-0.05, 0) is 30.0 Å². The summed E-state index contributed by atoms with van der Waals surface area (Å²) < 4.78 is 12.0. The molecule has 3 aromatic rings. The number of hydrogen-bond donors (Lipinski definition) is 0. The zero-order valence-corrected chi connectivity index (χ0v) is 14.3. The first-order valence-corrected chi connectivity index (χ1v) is 9.04. The van der Waals surface area contributed by atoms with E-state index < -0.39 is 0 Å². The van der Waals surface area contributed by atoms with Crippen molar-refractivity contribution in [3.8, 4) is 11.5 Å². The number of benzene rings is 1. The fourth-order valence-electron chi connectivity index (χ4n) is 2.98. The highest BCUT2D eigenvalue weighted by Crippen LogP contribution is 2.32. The minimum absolute atomic E-state index is 0.0184. The molecule has 0 spiro atoms. The lowest BCUT2D eigenvalue weighted by atomic mass is 10.2. The van der Waals surface area contributed by atoms with Crippen LogP contribution in [0.1, 0.15) is 13.3 Å². The fourth-order valence-corrected chi connectivity index (χ4v) is 3.71. The number of nitrogens with zero attached hydrogens (tertiary/aromatic N) is 3. The monoisotopic (exact) mass is 341 g/mol. The molecule has 0 saturated carbocycles. The van der Waals surface area contributed by atoms with Gasteiger partial charge in [-0.25, -0.2) is 9.97 Å². The molecule has 0 fully saturated rings. The van der Waals surface area contributed by atoms with Gasteiger partial charge in [-0.2, -0.15) is 0 Å². The molecule has 1 atom stereocenters. The Morgan fingerprint density at radius 3 is 2.96 bits per heavy atom. The van der Waals surface area contributed by atoms with Crippen LogP contribution in [0.4, 0.5) is 5.82 Å². The van der Waals surface area contributed by atoms with Gasteiger partial charge in [0.1, 0.15) is 23.6 Å². The molecule has 0 amide bonds. The average Bonchev–Trinajstić information content (AvgIpc) is 3.10. The molecule has 1 aliphatic heterocycles. The molecule has 5 nitrogen and oxygen atoms in total. The van der Waals surface area contributed by atoms with Crippen LogP contribution < -0.4 is 14.4 Å². The molecule has 0 aliphatic carbocycles. The first kappa shape index (κ1) is 15.2. The van der Waals surface area contributed by atoms with Gasteiger partial charge in [-0.1, -0.05) is 19.1 Å². The normalized spacial score (nSPS) is 16.3.